The number of nitrogens with zero attached hydrogens (tertiary/aromatic N) is 3. The first kappa shape index (κ1) is 17.6. The van der Waals surface area contributed by atoms with Crippen molar-refractivity contribution in [1.29, 1.82) is 0 Å². The van der Waals surface area contributed by atoms with Gasteiger partial charge < -0.3 is 9.64 Å². The van der Waals surface area contributed by atoms with E-state index in [-0.39, 0.29) is 12.1 Å². The Morgan fingerprint density at radius 1 is 1.35 bits per heavy atom. The van der Waals surface area contributed by atoms with Crippen LogP contribution in [-0.2, 0) is 24.8 Å². The molecule has 3 heterocycles. The number of amides is 2. The largest absolute Gasteiger partial charge is 0.372 e. The van der Waals surface area contributed by atoms with Crippen LogP contribution in [0.15, 0.2) is 18.2 Å². The number of carbonyl (C=O) groups is 1. The van der Waals surface area contributed by atoms with Gasteiger partial charge in [0.2, 0.25) is 0 Å². The molecule has 6 nitrogen and oxygen atoms in total. The molecule has 1 aromatic heterocycles. The highest BCUT2D eigenvalue weighted by atomic mass is 35.5. The third kappa shape index (κ3) is 3.41. The van der Waals surface area contributed by atoms with Gasteiger partial charge in [0.25, 0.3) is 0 Å². The summed E-state index contributed by atoms with van der Waals surface area (Å²) in [7, 11) is 1.82. The van der Waals surface area contributed by atoms with Gasteiger partial charge in [-0.15, -0.1) is 0 Å². The Kier molecular flexibility index (Phi) is 4.82. The van der Waals surface area contributed by atoms with Crippen molar-refractivity contribution in [3.63, 3.8) is 0 Å². The Morgan fingerprint density at radius 3 is 2.96 bits per heavy atom. The van der Waals surface area contributed by atoms with Crippen LogP contribution in [0.5, 0.6) is 0 Å². The van der Waals surface area contributed by atoms with E-state index in [1.54, 1.807) is 15.6 Å². The summed E-state index contributed by atoms with van der Waals surface area (Å²) in [6.45, 7) is 1.85. The number of rotatable bonds is 2. The molecule has 138 valence electrons. The lowest BCUT2D eigenvalue weighted by Gasteiger charge is -2.29. The molecular formula is C18H20Cl2N4O2. The van der Waals surface area contributed by atoms with Gasteiger partial charge in [-0.1, -0.05) is 23.2 Å². The molecule has 0 radical (unpaired) electrons. The number of benzene rings is 1. The molecule has 0 bridgehead atoms. The Labute approximate surface area is 162 Å². The quantitative estimate of drug-likeness (QED) is 0.831. The highest BCUT2D eigenvalue weighted by Gasteiger charge is 2.25. The van der Waals surface area contributed by atoms with Gasteiger partial charge in [0, 0.05) is 42.9 Å². The fraction of sp³-hybridized carbons (Fsp3) is 0.444. The minimum atomic E-state index is -0.163. The van der Waals surface area contributed by atoms with Gasteiger partial charge in [0.05, 0.1) is 5.69 Å². The minimum absolute atomic E-state index is 0.0253. The van der Waals surface area contributed by atoms with Crippen molar-refractivity contribution in [1.82, 2.24) is 14.7 Å². The van der Waals surface area contributed by atoms with Crippen LogP contribution in [0, 0.1) is 0 Å². The molecule has 0 saturated carbocycles. The molecule has 1 atom stereocenters. The van der Waals surface area contributed by atoms with E-state index in [2.05, 4.69) is 10.4 Å². The average molecular weight is 395 g/mol. The fourth-order valence-corrected chi connectivity index (χ4v) is 4.11. The van der Waals surface area contributed by atoms with Crippen molar-refractivity contribution in [3.05, 3.63) is 45.1 Å². The molecule has 2 amide bonds. The number of hydrogen-bond acceptors (Lipinski definition) is 3. The van der Waals surface area contributed by atoms with Crippen molar-refractivity contribution < 1.29 is 9.53 Å². The molecule has 2 aliphatic heterocycles. The Morgan fingerprint density at radius 2 is 2.19 bits per heavy atom. The van der Waals surface area contributed by atoms with Crippen molar-refractivity contribution in [3.8, 4) is 0 Å². The van der Waals surface area contributed by atoms with Crippen LogP contribution >= 0.6 is 23.2 Å². The molecule has 1 unspecified atom stereocenters. The standard InChI is InChI=1S/C18H20Cl2N4O2/c1-23-17(9-15(22-23)16-3-2-6-26-16)21-18(25)24-5-4-11-7-12(19)8-14(20)13(11)10-24/h7-9,16H,2-6,10H2,1H3,(H,21,25). The Bertz CT molecular complexity index is 846. The molecule has 26 heavy (non-hydrogen) atoms. The molecule has 4 rings (SSSR count). The summed E-state index contributed by atoms with van der Waals surface area (Å²) < 4.78 is 7.35. The number of anilines is 1. The van der Waals surface area contributed by atoms with Crippen molar-refractivity contribution in [2.75, 3.05) is 18.5 Å². The van der Waals surface area contributed by atoms with Gasteiger partial charge in [0.15, 0.2) is 0 Å². The zero-order chi connectivity index (χ0) is 18.3. The minimum Gasteiger partial charge on any atom is -0.372 e. The molecule has 1 fully saturated rings. The molecule has 1 aromatic carbocycles. The zero-order valence-corrected chi connectivity index (χ0v) is 16.0. The second-order valence-corrected chi connectivity index (χ2v) is 7.55. The first-order valence-electron chi connectivity index (χ1n) is 8.69. The van der Waals surface area contributed by atoms with Crippen LogP contribution in [0.25, 0.3) is 0 Å². The maximum Gasteiger partial charge on any atom is 0.323 e. The summed E-state index contributed by atoms with van der Waals surface area (Å²) in [6.07, 6.45) is 2.77. The fourth-order valence-electron chi connectivity index (χ4n) is 3.52. The van der Waals surface area contributed by atoms with E-state index < -0.39 is 0 Å². The normalized spacial score (nSPS) is 19.5. The lowest BCUT2D eigenvalue weighted by atomic mass is 10.00. The van der Waals surface area contributed by atoms with Crippen molar-refractivity contribution >= 4 is 35.1 Å². The lowest BCUT2D eigenvalue weighted by molar-refractivity contribution is 0.108. The number of ether oxygens (including phenoxy) is 1. The maximum atomic E-state index is 12.7. The zero-order valence-electron chi connectivity index (χ0n) is 14.5. The predicted octanol–water partition coefficient (Wildman–Crippen LogP) is 4.17. The van der Waals surface area contributed by atoms with E-state index in [1.807, 2.05) is 19.2 Å². The first-order chi connectivity index (χ1) is 12.5. The van der Waals surface area contributed by atoms with E-state index >= 15 is 0 Å². The van der Waals surface area contributed by atoms with Gasteiger partial charge in [-0.05, 0) is 42.5 Å². The lowest BCUT2D eigenvalue weighted by Crippen LogP contribution is -2.39. The molecule has 1 N–H and O–H groups in total. The summed E-state index contributed by atoms with van der Waals surface area (Å²) in [5, 5.41) is 8.65. The number of urea groups is 1. The second kappa shape index (κ2) is 7.10. The first-order valence-corrected chi connectivity index (χ1v) is 9.45. The number of nitrogens with one attached hydrogen (secondary N) is 1. The van der Waals surface area contributed by atoms with E-state index in [9.17, 15) is 4.79 Å². The molecule has 1 saturated heterocycles. The molecular weight excluding hydrogens is 375 g/mol. The van der Waals surface area contributed by atoms with E-state index in [0.717, 1.165) is 42.7 Å². The maximum absolute atomic E-state index is 12.7. The smallest absolute Gasteiger partial charge is 0.323 e. The highest BCUT2D eigenvalue weighted by Crippen LogP contribution is 2.31. The summed E-state index contributed by atoms with van der Waals surface area (Å²) >= 11 is 12.4. The molecule has 0 aliphatic carbocycles. The van der Waals surface area contributed by atoms with Gasteiger partial charge in [-0.25, -0.2) is 4.79 Å². The second-order valence-electron chi connectivity index (χ2n) is 6.71. The summed E-state index contributed by atoms with van der Waals surface area (Å²) in [5.74, 6) is 0.661. The molecule has 8 heteroatoms. The van der Waals surface area contributed by atoms with Crippen molar-refractivity contribution in [2.45, 2.75) is 31.9 Å². The van der Waals surface area contributed by atoms with Crippen molar-refractivity contribution in [2.24, 2.45) is 7.05 Å². The SMILES string of the molecule is Cn1nc(C2CCCO2)cc1NC(=O)N1CCc2cc(Cl)cc(Cl)c2C1. The van der Waals surface area contributed by atoms with E-state index in [4.69, 9.17) is 27.9 Å². The van der Waals surface area contributed by atoms with E-state index in [0.29, 0.717) is 29.0 Å². The van der Waals surface area contributed by atoms with E-state index in [1.165, 1.54) is 0 Å². The monoisotopic (exact) mass is 394 g/mol. The summed E-state index contributed by atoms with van der Waals surface area (Å²) in [4.78, 5) is 14.5. The van der Waals surface area contributed by atoms with Crippen LogP contribution in [0.1, 0.15) is 35.8 Å². The average Bonchev–Trinajstić information content (AvgIpc) is 3.25. The molecule has 2 aromatic rings. The number of aryl methyl sites for hydroxylation is 1. The highest BCUT2D eigenvalue weighted by molar-refractivity contribution is 6.35. The number of halogens is 2. The van der Waals surface area contributed by atoms with Crippen LogP contribution < -0.4 is 5.32 Å². The molecule has 2 aliphatic rings. The topological polar surface area (TPSA) is 59.4 Å². The third-order valence-electron chi connectivity index (χ3n) is 4.93. The van der Waals surface area contributed by atoms with Gasteiger partial charge >= 0.3 is 6.03 Å². The summed E-state index contributed by atoms with van der Waals surface area (Å²) in [5.41, 5.74) is 2.93. The number of hydrogen-bond donors (Lipinski definition) is 1. The Hall–Kier alpha value is -1.76. The summed E-state index contributed by atoms with van der Waals surface area (Å²) in [6, 6.07) is 5.37. The van der Waals surface area contributed by atoms with Crippen LogP contribution in [0.4, 0.5) is 10.6 Å². The number of aromatic nitrogens is 2. The van der Waals surface area contributed by atoms with Gasteiger partial charge in [-0.2, -0.15) is 5.10 Å². The van der Waals surface area contributed by atoms with Crippen LogP contribution in [0.3, 0.4) is 0 Å². The van der Waals surface area contributed by atoms with Crippen LogP contribution in [-0.4, -0.2) is 33.9 Å². The number of carbonyl (C=O) groups excluding carboxylic acids is 1. The van der Waals surface area contributed by atoms with Crippen LogP contribution in [0.2, 0.25) is 10.0 Å². The molecule has 0 spiro atoms. The van der Waals surface area contributed by atoms with Gasteiger partial charge in [-0.3, -0.25) is 10.00 Å². The number of fused-ring (bicyclic) bond motifs is 1. The Balaban J connectivity index is 1.47. The van der Waals surface area contributed by atoms with Gasteiger partial charge in [0.1, 0.15) is 11.9 Å². The predicted molar refractivity (Wildman–Crippen MR) is 101 cm³/mol. The third-order valence-corrected chi connectivity index (χ3v) is 5.49.